The molecule has 0 spiro atoms. The van der Waals surface area contributed by atoms with Gasteiger partial charge in [-0.3, -0.25) is 0 Å². The fourth-order valence-corrected chi connectivity index (χ4v) is 2.05. The summed E-state index contributed by atoms with van der Waals surface area (Å²) in [5.74, 6) is 0. The van der Waals surface area contributed by atoms with Crippen LogP contribution in [0.1, 0.15) is 40.5 Å². The molecular weight excluding hydrogens is 172 g/mol. The molecule has 14 heavy (non-hydrogen) atoms. The van der Waals surface area contributed by atoms with Crippen LogP contribution in [0.5, 0.6) is 0 Å². The van der Waals surface area contributed by atoms with E-state index in [2.05, 4.69) is 45.0 Å². The number of nitrogens with zero attached hydrogens (tertiary/aromatic N) is 1. The van der Waals surface area contributed by atoms with Gasteiger partial charge in [0.25, 0.3) is 0 Å². The van der Waals surface area contributed by atoms with Gasteiger partial charge in [-0.15, -0.1) is 0 Å². The summed E-state index contributed by atoms with van der Waals surface area (Å²) in [6.07, 6.45) is 2.62. The van der Waals surface area contributed by atoms with Crippen LogP contribution in [0.25, 0.3) is 0 Å². The molecule has 1 aliphatic heterocycles. The molecule has 84 valence electrons. The summed E-state index contributed by atoms with van der Waals surface area (Å²) in [4.78, 5) is 2.42. The van der Waals surface area contributed by atoms with E-state index in [1.807, 2.05) is 0 Å². The second-order valence-electron chi connectivity index (χ2n) is 5.81. The van der Waals surface area contributed by atoms with Crippen molar-refractivity contribution >= 4 is 0 Å². The fourth-order valence-electron chi connectivity index (χ4n) is 2.05. The van der Waals surface area contributed by atoms with Gasteiger partial charge in [0.1, 0.15) is 0 Å². The van der Waals surface area contributed by atoms with Gasteiger partial charge in [0.05, 0.1) is 0 Å². The molecule has 1 aliphatic rings. The Hall–Kier alpha value is -0.0800. The van der Waals surface area contributed by atoms with Crippen LogP contribution in [0, 0.1) is 5.41 Å². The van der Waals surface area contributed by atoms with Gasteiger partial charge in [0.15, 0.2) is 0 Å². The minimum absolute atomic E-state index is 0.515. The number of nitrogens with one attached hydrogen (secondary N) is 1. The Bertz CT molecular complexity index is 175. The lowest BCUT2D eigenvalue weighted by Crippen LogP contribution is -2.32. The number of hydrogen-bond donors (Lipinski definition) is 1. The Labute approximate surface area is 89.1 Å². The average Bonchev–Trinajstić information content (AvgIpc) is 2.41. The molecule has 0 aliphatic carbocycles. The lowest BCUT2D eigenvalue weighted by Gasteiger charge is -2.23. The van der Waals surface area contributed by atoms with Gasteiger partial charge in [-0.25, -0.2) is 0 Å². The highest BCUT2D eigenvalue weighted by molar-refractivity contribution is 4.87. The molecular formula is C12H26N2. The van der Waals surface area contributed by atoms with Gasteiger partial charge in [0, 0.05) is 18.6 Å². The Morgan fingerprint density at radius 1 is 1.43 bits per heavy atom. The molecule has 0 aromatic rings. The van der Waals surface area contributed by atoms with E-state index in [1.54, 1.807) is 0 Å². The highest BCUT2D eigenvalue weighted by Gasteiger charge is 2.30. The molecule has 1 rings (SSSR count). The molecule has 1 saturated heterocycles. The molecule has 0 bridgehead atoms. The van der Waals surface area contributed by atoms with Crippen molar-refractivity contribution in [1.29, 1.82) is 0 Å². The third-order valence-corrected chi connectivity index (χ3v) is 3.38. The van der Waals surface area contributed by atoms with Crippen LogP contribution in [0.15, 0.2) is 0 Å². The monoisotopic (exact) mass is 198 g/mol. The van der Waals surface area contributed by atoms with Gasteiger partial charge in [-0.2, -0.15) is 0 Å². The first-order valence-corrected chi connectivity index (χ1v) is 5.84. The van der Waals surface area contributed by atoms with Crippen molar-refractivity contribution in [2.24, 2.45) is 5.41 Å². The van der Waals surface area contributed by atoms with Gasteiger partial charge < -0.3 is 10.2 Å². The molecule has 1 fully saturated rings. The van der Waals surface area contributed by atoms with Crippen LogP contribution in [0.4, 0.5) is 0 Å². The lowest BCUT2D eigenvalue weighted by molar-refractivity contribution is 0.257. The van der Waals surface area contributed by atoms with Gasteiger partial charge in [-0.1, -0.05) is 13.8 Å². The Morgan fingerprint density at radius 3 is 2.50 bits per heavy atom. The quantitative estimate of drug-likeness (QED) is 0.744. The minimum atomic E-state index is 0.515. The SMILES string of the molecule is CC(C)N(C)CCC1CC(C)(C)CN1. The Balaban J connectivity index is 2.21. The molecule has 0 amide bonds. The topological polar surface area (TPSA) is 15.3 Å². The van der Waals surface area contributed by atoms with Crippen molar-refractivity contribution in [3.8, 4) is 0 Å². The van der Waals surface area contributed by atoms with Crippen LogP contribution in [-0.4, -0.2) is 37.1 Å². The third kappa shape index (κ3) is 3.58. The van der Waals surface area contributed by atoms with Crippen molar-refractivity contribution in [3.05, 3.63) is 0 Å². The molecule has 2 nitrogen and oxygen atoms in total. The van der Waals surface area contributed by atoms with Crippen LogP contribution >= 0.6 is 0 Å². The van der Waals surface area contributed by atoms with Crippen molar-refractivity contribution in [1.82, 2.24) is 10.2 Å². The van der Waals surface area contributed by atoms with Crippen LogP contribution in [0.3, 0.4) is 0 Å². The molecule has 2 heteroatoms. The summed E-state index contributed by atoms with van der Waals surface area (Å²) in [5, 5.41) is 3.61. The molecule has 0 saturated carbocycles. The summed E-state index contributed by atoms with van der Waals surface area (Å²) in [7, 11) is 2.21. The van der Waals surface area contributed by atoms with E-state index < -0.39 is 0 Å². The number of hydrogen-bond acceptors (Lipinski definition) is 2. The van der Waals surface area contributed by atoms with E-state index in [0.29, 0.717) is 11.5 Å². The standard InChI is InChI=1S/C12H26N2/c1-10(2)14(5)7-6-11-8-12(3,4)9-13-11/h10-11,13H,6-9H2,1-5H3. The first kappa shape index (κ1) is 12.0. The minimum Gasteiger partial charge on any atom is -0.313 e. The molecule has 1 N–H and O–H groups in total. The molecule has 1 unspecified atom stereocenters. The van der Waals surface area contributed by atoms with E-state index in [0.717, 1.165) is 6.04 Å². The maximum atomic E-state index is 3.61. The molecule has 0 aromatic heterocycles. The molecule has 1 heterocycles. The summed E-state index contributed by atoms with van der Waals surface area (Å²) >= 11 is 0. The lowest BCUT2D eigenvalue weighted by atomic mass is 9.90. The van der Waals surface area contributed by atoms with E-state index in [9.17, 15) is 0 Å². The summed E-state index contributed by atoms with van der Waals surface area (Å²) in [6, 6.07) is 1.41. The first-order chi connectivity index (χ1) is 6.41. The maximum absolute atomic E-state index is 3.61. The second-order valence-corrected chi connectivity index (χ2v) is 5.81. The summed E-state index contributed by atoms with van der Waals surface area (Å²) < 4.78 is 0. The van der Waals surface area contributed by atoms with E-state index in [4.69, 9.17) is 0 Å². The average molecular weight is 198 g/mol. The summed E-state index contributed by atoms with van der Waals surface area (Å²) in [6.45, 7) is 11.6. The molecule has 1 atom stereocenters. The Morgan fingerprint density at radius 2 is 2.07 bits per heavy atom. The zero-order valence-corrected chi connectivity index (χ0v) is 10.4. The predicted octanol–water partition coefficient (Wildman–Crippen LogP) is 2.10. The van der Waals surface area contributed by atoms with Gasteiger partial charge >= 0.3 is 0 Å². The van der Waals surface area contributed by atoms with Crippen molar-refractivity contribution < 1.29 is 0 Å². The smallest absolute Gasteiger partial charge is 0.00850 e. The summed E-state index contributed by atoms with van der Waals surface area (Å²) in [5.41, 5.74) is 0.515. The highest BCUT2D eigenvalue weighted by Crippen LogP contribution is 2.28. The van der Waals surface area contributed by atoms with E-state index >= 15 is 0 Å². The highest BCUT2D eigenvalue weighted by atomic mass is 15.1. The second kappa shape index (κ2) is 4.63. The fraction of sp³-hybridized carbons (Fsp3) is 1.00. The van der Waals surface area contributed by atoms with Gasteiger partial charge in [0.2, 0.25) is 0 Å². The zero-order chi connectivity index (χ0) is 10.8. The largest absolute Gasteiger partial charge is 0.313 e. The Kier molecular flexibility index (Phi) is 3.96. The van der Waals surface area contributed by atoms with E-state index in [1.165, 1.54) is 25.9 Å². The van der Waals surface area contributed by atoms with Crippen LogP contribution < -0.4 is 5.32 Å². The van der Waals surface area contributed by atoms with Crippen molar-refractivity contribution in [3.63, 3.8) is 0 Å². The third-order valence-electron chi connectivity index (χ3n) is 3.38. The van der Waals surface area contributed by atoms with Crippen molar-refractivity contribution in [2.75, 3.05) is 20.1 Å². The first-order valence-electron chi connectivity index (χ1n) is 5.84. The van der Waals surface area contributed by atoms with Gasteiger partial charge in [-0.05, 0) is 45.7 Å². The van der Waals surface area contributed by atoms with Crippen LogP contribution in [-0.2, 0) is 0 Å². The molecule has 0 radical (unpaired) electrons. The van der Waals surface area contributed by atoms with E-state index in [-0.39, 0.29) is 0 Å². The maximum Gasteiger partial charge on any atom is 0.00850 e. The normalized spacial score (nSPS) is 26.4. The zero-order valence-electron chi connectivity index (χ0n) is 10.4. The van der Waals surface area contributed by atoms with Crippen molar-refractivity contribution in [2.45, 2.75) is 52.6 Å². The predicted molar refractivity (Wildman–Crippen MR) is 62.6 cm³/mol. The molecule has 0 aromatic carbocycles. The van der Waals surface area contributed by atoms with Crippen LogP contribution in [0.2, 0.25) is 0 Å². The number of rotatable bonds is 4.